The molecule has 1 saturated carbocycles. The van der Waals surface area contributed by atoms with Gasteiger partial charge in [-0.15, -0.1) is 0 Å². The zero-order valence-electron chi connectivity index (χ0n) is 12.1. The van der Waals surface area contributed by atoms with E-state index in [0.717, 1.165) is 12.8 Å². The number of carboxylic acids is 1. The third kappa shape index (κ3) is 4.89. The molecule has 8 heteroatoms. The predicted octanol–water partition coefficient (Wildman–Crippen LogP) is -0.508. The van der Waals surface area contributed by atoms with Crippen LogP contribution in [0.15, 0.2) is 0 Å². The summed E-state index contributed by atoms with van der Waals surface area (Å²) in [5.41, 5.74) is 0. The fourth-order valence-corrected chi connectivity index (χ4v) is 2.24. The number of aliphatic carboxylic acids is 1. The van der Waals surface area contributed by atoms with E-state index in [9.17, 15) is 14.4 Å². The summed E-state index contributed by atoms with van der Waals surface area (Å²) in [5, 5.41) is 11.6. The molecule has 2 fully saturated rings. The van der Waals surface area contributed by atoms with Crippen LogP contribution in [0.5, 0.6) is 0 Å². The molecule has 1 aliphatic carbocycles. The highest BCUT2D eigenvalue weighted by molar-refractivity contribution is 5.84. The van der Waals surface area contributed by atoms with E-state index in [1.807, 2.05) is 0 Å². The molecule has 118 valence electrons. The Morgan fingerprint density at radius 3 is 2.71 bits per heavy atom. The minimum Gasteiger partial charge on any atom is -0.481 e. The third-order valence-electron chi connectivity index (χ3n) is 3.46. The minimum absolute atomic E-state index is 0.0102. The Balaban J connectivity index is 1.79. The van der Waals surface area contributed by atoms with Crippen molar-refractivity contribution >= 4 is 17.9 Å². The molecule has 1 heterocycles. The molecule has 0 spiro atoms. The summed E-state index contributed by atoms with van der Waals surface area (Å²) >= 11 is 0. The number of hydrogen-bond donors (Lipinski definition) is 2. The van der Waals surface area contributed by atoms with Crippen LogP contribution in [0.1, 0.15) is 19.3 Å². The molecule has 2 aliphatic rings. The van der Waals surface area contributed by atoms with Crippen molar-refractivity contribution in [1.29, 1.82) is 0 Å². The van der Waals surface area contributed by atoms with Gasteiger partial charge in [-0.2, -0.15) is 0 Å². The molecule has 2 N–H and O–H groups in total. The number of nitrogens with zero attached hydrogens (tertiary/aromatic N) is 2. The van der Waals surface area contributed by atoms with Crippen LogP contribution in [-0.4, -0.2) is 78.2 Å². The lowest BCUT2D eigenvalue weighted by molar-refractivity contribution is -0.141. The number of carboxylic acid groups (broad SMARTS) is 1. The van der Waals surface area contributed by atoms with Crippen molar-refractivity contribution in [3.05, 3.63) is 0 Å². The number of ether oxygens (including phenoxy) is 1. The van der Waals surface area contributed by atoms with Gasteiger partial charge in [0.15, 0.2) is 0 Å². The number of carbonyl (C=O) groups is 3. The Bertz CT molecular complexity index is 424. The lowest BCUT2D eigenvalue weighted by Gasteiger charge is -2.34. The van der Waals surface area contributed by atoms with Crippen LogP contribution in [0.3, 0.4) is 0 Å². The zero-order chi connectivity index (χ0) is 15.4. The molecule has 8 nitrogen and oxygen atoms in total. The van der Waals surface area contributed by atoms with Gasteiger partial charge in [0.05, 0.1) is 19.1 Å². The van der Waals surface area contributed by atoms with E-state index in [1.54, 1.807) is 7.05 Å². The average molecular weight is 299 g/mol. The molecule has 0 bridgehead atoms. The molecule has 2 rings (SSSR count). The van der Waals surface area contributed by atoms with Crippen molar-refractivity contribution in [2.24, 2.45) is 0 Å². The molecular formula is C13H21N3O5. The van der Waals surface area contributed by atoms with E-state index in [4.69, 9.17) is 9.84 Å². The fraction of sp³-hybridized carbons (Fsp3) is 0.769. The van der Waals surface area contributed by atoms with Gasteiger partial charge in [-0.1, -0.05) is 0 Å². The normalized spacial score (nSPS) is 21.8. The lowest BCUT2D eigenvalue weighted by atomic mass is 10.2. The summed E-state index contributed by atoms with van der Waals surface area (Å²) in [7, 11) is 1.57. The maximum Gasteiger partial charge on any atom is 0.320 e. The van der Waals surface area contributed by atoms with Gasteiger partial charge < -0.3 is 25.0 Å². The van der Waals surface area contributed by atoms with Crippen LogP contribution in [0.25, 0.3) is 0 Å². The topological polar surface area (TPSA) is 99.2 Å². The van der Waals surface area contributed by atoms with E-state index in [-0.39, 0.29) is 37.5 Å². The van der Waals surface area contributed by atoms with E-state index in [2.05, 4.69) is 5.32 Å². The maximum atomic E-state index is 12.2. The maximum absolute atomic E-state index is 12.2. The van der Waals surface area contributed by atoms with Crippen LogP contribution in [0.2, 0.25) is 0 Å². The highest BCUT2D eigenvalue weighted by atomic mass is 16.5. The summed E-state index contributed by atoms with van der Waals surface area (Å²) in [6.07, 6.45) is 1.39. The number of rotatable bonds is 5. The molecule has 1 aliphatic heterocycles. The number of nitrogens with one attached hydrogen (secondary N) is 1. The van der Waals surface area contributed by atoms with Crippen LogP contribution in [0, 0.1) is 0 Å². The molecule has 0 aromatic heterocycles. The minimum atomic E-state index is -0.952. The fourth-order valence-electron chi connectivity index (χ4n) is 2.24. The highest BCUT2D eigenvalue weighted by Gasteiger charge is 2.29. The molecule has 1 unspecified atom stereocenters. The van der Waals surface area contributed by atoms with Gasteiger partial charge in [-0.25, -0.2) is 4.79 Å². The molecule has 0 radical (unpaired) electrons. The smallest absolute Gasteiger partial charge is 0.320 e. The molecule has 3 amide bonds. The zero-order valence-corrected chi connectivity index (χ0v) is 12.1. The Labute approximate surface area is 123 Å². The number of urea groups is 1. The third-order valence-corrected chi connectivity index (χ3v) is 3.46. The first-order valence-electron chi connectivity index (χ1n) is 7.08. The van der Waals surface area contributed by atoms with Crippen molar-refractivity contribution in [1.82, 2.24) is 15.1 Å². The monoisotopic (exact) mass is 299 g/mol. The summed E-state index contributed by atoms with van der Waals surface area (Å²) in [5.74, 6) is -1.12. The quantitative estimate of drug-likeness (QED) is 0.712. The summed E-state index contributed by atoms with van der Waals surface area (Å²) in [4.78, 5) is 37.5. The van der Waals surface area contributed by atoms with Gasteiger partial charge >= 0.3 is 12.0 Å². The first-order valence-corrected chi connectivity index (χ1v) is 7.08. The van der Waals surface area contributed by atoms with Gasteiger partial charge in [0.1, 0.15) is 6.54 Å². The standard InChI is InChI=1S/C13H21N3O5/c1-15(8-11(17)14-9-2-3-9)13(20)16-4-5-21-10(7-16)6-12(18)19/h9-10H,2-8H2,1H3,(H,14,17)(H,18,19). The average Bonchev–Trinajstić information content (AvgIpc) is 3.21. The molecule has 0 aromatic carbocycles. The van der Waals surface area contributed by atoms with Crippen LogP contribution in [-0.2, 0) is 14.3 Å². The Hall–Kier alpha value is -1.83. The predicted molar refractivity (Wildman–Crippen MR) is 72.8 cm³/mol. The summed E-state index contributed by atoms with van der Waals surface area (Å²) in [6.45, 7) is 0.964. The SMILES string of the molecule is CN(CC(=O)NC1CC1)C(=O)N1CCOC(CC(=O)O)C1. The molecule has 1 saturated heterocycles. The second-order valence-corrected chi connectivity index (χ2v) is 5.52. The van der Waals surface area contributed by atoms with Crippen LogP contribution < -0.4 is 5.32 Å². The van der Waals surface area contributed by atoms with Crippen molar-refractivity contribution in [3.63, 3.8) is 0 Å². The largest absolute Gasteiger partial charge is 0.481 e. The van der Waals surface area contributed by atoms with Gasteiger partial charge in [-0.3, -0.25) is 9.59 Å². The number of morpholine rings is 1. The number of hydrogen-bond acceptors (Lipinski definition) is 4. The van der Waals surface area contributed by atoms with Gasteiger partial charge in [0.25, 0.3) is 0 Å². The first-order chi connectivity index (χ1) is 9.95. The van der Waals surface area contributed by atoms with Crippen molar-refractivity contribution < 1.29 is 24.2 Å². The highest BCUT2D eigenvalue weighted by Crippen LogP contribution is 2.18. The molecule has 21 heavy (non-hydrogen) atoms. The van der Waals surface area contributed by atoms with Crippen molar-refractivity contribution in [3.8, 4) is 0 Å². The number of amides is 3. The van der Waals surface area contributed by atoms with E-state index >= 15 is 0 Å². The summed E-state index contributed by atoms with van der Waals surface area (Å²) < 4.78 is 5.32. The van der Waals surface area contributed by atoms with E-state index < -0.39 is 12.1 Å². The Kier molecular flexibility index (Phi) is 5.00. The lowest BCUT2D eigenvalue weighted by Crippen LogP contribution is -2.52. The van der Waals surface area contributed by atoms with Gasteiger partial charge in [0, 0.05) is 26.2 Å². The van der Waals surface area contributed by atoms with Gasteiger partial charge in [-0.05, 0) is 12.8 Å². The summed E-state index contributed by atoms with van der Waals surface area (Å²) in [6, 6.07) is -0.0102. The van der Waals surface area contributed by atoms with Crippen LogP contribution in [0.4, 0.5) is 4.79 Å². The van der Waals surface area contributed by atoms with Crippen molar-refractivity contribution in [2.75, 3.05) is 33.3 Å². The molecular weight excluding hydrogens is 278 g/mol. The second kappa shape index (κ2) is 6.75. The second-order valence-electron chi connectivity index (χ2n) is 5.52. The first kappa shape index (κ1) is 15.6. The van der Waals surface area contributed by atoms with Crippen LogP contribution >= 0.6 is 0 Å². The number of likely N-dealkylation sites (N-methyl/N-ethyl adjacent to an activating group) is 1. The molecule has 1 atom stereocenters. The number of carbonyl (C=O) groups excluding carboxylic acids is 2. The Morgan fingerprint density at radius 1 is 1.38 bits per heavy atom. The van der Waals surface area contributed by atoms with Crippen molar-refractivity contribution in [2.45, 2.75) is 31.4 Å². The van der Waals surface area contributed by atoms with E-state index in [0.29, 0.717) is 13.2 Å². The Morgan fingerprint density at radius 2 is 2.10 bits per heavy atom. The molecule has 0 aromatic rings. The van der Waals surface area contributed by atoms with E-state index in [1.165, 1.54) is 9.80 Å². The van der Waals surface area contributed by atoms with Gasteiger partial charge in [0.2, 0.25) is 5.91 Å².